The molecule has 0 saturated heterocycles. The van der Waals surface area contributed by atoms with Crippen molar-refractivity contribution in [1.82, 2.24) is 21.3 Å². The minimum absolute atomic E-state index is 0.000254. The number of carboxylic acids is 3. The number of anilines is 1. The first-order valence-electron chi connectivity index (χ1n) is 26.4. The Balaban J connectivity index is 1.10. The fraction of sp³-hybridized carbons (Fsp3) is 0.433. The molecule has 5 rings (SSSR count). The van der Waals surface area contributed by atoms with Crippen molar-refractivity contribution in [3.05, 3.63) is 154 Å². The van der Waals surface area contributed by atoms with E-state index < -0.39 is 47.9 Å². The van der Waals surface area contributed by atoms with Gasteiger partial charge in [-0.15, -0.1) is 0 Å². The number of allylic oxidation sites excluding steroid dienone is 8. The molecule has 17 heteroatoms. The van der Waals surface area contributed by atoms with Gasteiger partial charge < -0.3 is 55.7 Å². The summed E-state index contributed by atoms with van der Waals surface area (Å²) in [7, 11) is 0. The molecule has 3 aromatic carbocycles. The van der Waals surface area contributed by atoms with Crippen LogP contribution in [0.3, 0.4) is 0 Å². The van der Waals surface area contributed by atoms with Crippen LogP contribution in [0.5, 0.6) is 5.75 Å². The van der Waals surface area contributed by atoms with Gasteiger partial charge in [-0.05, 0) is 128 Å². The fourth-order valence-electron chi connectivity index (χ4n) is 9.39. The maximum absolute atomic E-state index is 13.5. The van der Waals surface area contributed by atoms with Crippen LogP contribution in [0.1, 0.15) is 119 Å². The van der Waals surface area contributed by atoms with Crippen molar-refractivity contribution in [3.8, 4) is 5.75 Å². The average molecular weight is 1060 g/mol. The molecule has 77 heavy (non-hydrogen) atoms. The molecule has 0 spiro atoms. The zero-order chi connectivity index (χ0) is 56.1. The fourth-order valence-corrected chi connectivity index (χ4v) is 9.39. The molecule has 0 saturated carbocycles. The van der Waals surface area contributed by atoms with Crippen LogP contribution in [0.4, 0.5) is 10.5 Å². The highest BCUT2D eigenvalue weighted by Gasteiger charge is 2.40. The lowest BCUT2D eigenvalue weighted by Gasteiger charge is -2.28. The Bertz CT molecular complexity index is 2710. The zero-order valence-electron chi connectivity index (χ0n) is 45.4. The van der Waals surface area contributed by atoms with Gasteiger partial charge in [0.05, 0.1) is 19.8 Å². The molecule has 2 aliphatic rings. The van der Waals surface area contributed by atoms with Crippen LogP contribution < -0.4 is 30.9 Å². The van der Waals surface area contributed by atoms with E-state index in [1.54, 1.807) is 0 Å². The number of ether oxygens (including phenoxy) is 3. The standard InChI is InChI=1S/C60H77N5O12/c1-8-34-65-50-29-26-44(55(69)62-33-35-75-36-37-76-39-52(66)61-32-15-14-23-48(56(70)71)63-58(74)64-49(57(72)73)28-31-53(67)68)38-47(50)60(6,7)51(65)30-27-43-19-16-18-42(54(43)77-45-20-10-9-11-21-45)25-24-41(3)59(4,5)46-22-13-12-17-40(46)2/h9-13,17,20-22,24-27,29-30,38,48-49H,3,8,14-16,18-19,23,28,31-37,39H2,1-2,4-7H3,(H,61,66)(H,62,69)(H,67,68)(H,70,71)(H,72,73)(H2,63,64,74)/b25-24+,43-27+,51-30+/t48-,49-/m0/s1. The van der Waals surface area contributed by atoms with Crippen molar-refractivity contribution in [3.63, 3.8) is 0 Å². The van der Waals surface area contributed by atoms with Gasteiger partial charge in [0.25, 0.3) is 5.91 Å². The minimum atomic E-state index is -1.50. The summed E-state index contributed by atoms with van der Waals surface area (Å²) in [6, 6.07) is 20.4. The number of aryl methyl sites for hydroxylation is 1. The molecule has 0 radical (unpaired) electrons. The maximum atomic E-state index is 13.5. The lowest BCUT2D eigenvalue weighted by atomic mass is 9.76. The number of carboxylic acid groups (broad SMARTS) is 3. The lowest BCUT2D eigenvalue weighted by molar-refractivity contribution is -0.140. The normalized spacial score (nSPS) is 15.9. The number of hydrogen-bond donors (Lipinski definition) is 7. The van der Waals surface area contributed by atoms with Crippen molar-refractivity contribution in [2.45, 2.75) is 122 Å². The number of amides is 4. The molecule has 0 unspecified atom stereocenters. The second-order valence-corrected chi connectivity index (χ2v) is 20.3. The summed E-state index contributed by atoms with van der Waals surface area (Å²) in [6.07, 6.45) is 12.2. The number of aliphatic carboxylic acids is 3. The largest absolute Gasteiger partial charge is 0.481 e. The van der Waals surface area contributed by atoms with Gasteiger partial charge in [-0.1, -0.05) is 102 Å². The minimum Gasteiger partial charge on any atom is -0.481 e. The summed E-state index contributed by atoms with van der Waals surface area (Å²) in [5.74, 6) is -3.00. The van der Waals surface area contributed by atoms with E-state index >= 15 is 0 Å². The molecule has 3 aromatic rings. The van der Waals surface area contributed by atoms with Crippen molar-refractivity contribution < 1.29 is 58.3 Å². The molecule has 1 aliphatic carbocycles. The number of carbonyl (C=O) groups is 6. The summed E-state index contributed by atoms with van der Waals surface area (Å²) in [5, 5.41) is 37.4. The summed E-state index contributed by atoms with van der Waals surface area (Å²) in [6.45, 7) is 19.3. The first-order chi connectivity index (χ1) is 36.7. The molecule has 4 amide bonds. The van der Waals surface area contributed by atoms with E-state index in [0.29, 0.717) is 18.4 Å². The molecule has 17 nitrogen and oxygen atoms in total. The Morgan fingerprint density at radius 3 is 2.19 bits per heavy atom. The second-order valence-electron chi connectivity index (χ2n) is 20.3. The molecule has 414 valence electrons. The van der Waals surface area contributed by atoms with Crippen LogP contribution in [0, 0.1) is 6.92 Å². The van der Waals surface area contributed by atoms with Gasteiger partial charge >= 0.3 is 23.9 Å². The van der Waals surface area contributed by atoms with Crippen molar-refractivity contribution in [2.24, 2.45) is 0 Å². The van der Waals surface area contributed by atoms with Crippen molar-refractivity contribution in [1.29, 1.82) is 0 Å². The predicted molar refractivity (Wildman–Crippen MR) is 296 cm³/mol. The molecule has 0 bridgehead atoms. The van der Waals surface area contributed by atoms with Gasteiger partial charge in [0, 0.05) is 53.8 Å². The number of nitrogens with zero attached hydrogens (tertiary/aromatic N) is 1. The predicted octanol–water partition coefficient (Wildman–Crippen LogP) is 9.04. The van der Waals surface area contributed by atoms with E-state index in [9.17, 15) is 39.0 Å². The van der Waals surface area contributed by atoms with Crippen LogP contribution in [0.15, 0.2) is 132 Å². The zero-order valence-corrected chi connectivity index (χ0v) is 45.4. The van der Waals surface area contributed by atoms with Gasteiger partial charge in [-0.2, -0.15) is 0 Å². The maximum Gasteiger partial charge on any atom is 0.326 e. The second kappa shape index (κ2) is 29.1. The molecule has 1 heterocycles. The number of benzene rings is 3. The first-order valence-corrected chi connectivity index (χ1v) is 26.4. The Morgan fingerprint density at radius 1 is 0.818 bits per heavy atom. The molecule has 0 aromatic heterocycles. The van der Waals surface area contributed by atoms with E-state index in [-0.39, 0.29) is 69.6 Å². The van der Waals surface area contributed by atoms with E-state index in [2.05, 4.69) is 123 Å². The smallest absolute Gasteiger partial charge is 0.326 e. The molecular formula is C60H77N5O12. The number of rotatable bonds is 30. The molecule has 2 atom stereocenters. The number of fused-ring (bicyclic) bond motifs is 1. The topological polar surface area (TPSA) is 242 Å². The van der Waals surface area contributed by atoms with Crippen LogP contribution in [0.25, 0.3) is 0 Å². The summed E-state index contributed by atoms with van der Waals surface area (Å²) >= 11 is 0. The number of hydrogen-bond acceptors (Lipinski definition) is 10. The highest BCUT2D eigenvalue weighted by molar-refractivity contribution is 5.95. The van der Waals surface area contributed by atoms with Crippen molar-refractivity contribution in [2.75, 3.05) is 51.0 Å². The van der Waals surface area contributed by atoms with E-state index in [1.807, 2.05) is 48.5 Å². The molecular weight excluding hydrogens is 983 g/mol. The Morgan fingerprint density at radius 2 is 1.51 bits per heavy atom. The molecule has 7 N–H and O–H groups in total. The van der Waals surface area contributed by atoms with Crippen LogP contribution in [0.2, 0.25) is 0 Å². The van der Waals surface area contributed by atoms with Gasteiger partial charge in [-0.3, -0.25) is 14.4 Å². The van der Waals surface area contributed by atoms with Gasteiger partial charge in [0.2, 0.25) is 5.91 Å². The number of unbranched alkanes of at least 4 members (excludes halogenated alkanes) is 1. The number of urea groups is 1. The number of nitrogens with one attached hydrogen (secondary N) is 4. The van der Waals surface area contributed by atoms with Crippen LogP contribution >= 0.6 is 0 Å². The lowest BCUT2D eigenvalue weighted by Crippen LogP contribution is -2.51. The Kier molecular flexibility index (Phi) is 22.8. The average Bonchev–Trinajstić information content (AvgIpc) is 3.71. The van der Waals surface area contributed by atoms with Gasteiger partial charge in [0.1, 0.15) is 30.2 Å². The van der Waals surface area contributed by atoms with E-state index in [0.717, 1.165) is 77.4 Å². The van der Waals surface area contributed by atoms with Crippen LogP contribution in [-0.2, 0) is 39.5 Å². The highest BCUT2D eigenvalue weighted by atomic mass is 16.5. The third-order valence-electron chi connectivity index (χ3n) is 13.8. The first kappa shape index (κ1) is 60.4. The third-order valence-corrected chi connectivity index (χ3v) is 13.8. The molecule has 0 fully saturated rings. The van der Waals surface area contributed by atoms with Crippen molar-refractivity contribution >= 4 is 41.4 Å². The number of para-hydroxylation sites is 1. The highest BCUT2D eigenvalue weighted by Crippen LogP contribution is 2.48. The number of carbonyl (C=O) groups excluding carboxylic acids is 3. The summed E-state index contributed by atoms with van der Waals surface area (Å²) < 4.78 is 17.8. The SMILES string of the molecule is C=C(/C=C/C1=C(Oc2ccccc2)C(=C/C=C2/N(CCC)c3ccc(C(=O)NCCOCCOCC(=O)NCCCC[C@H](NC(=O)N[C@@H](CCC(=O)O)C(=O)O)C(=O)O)cc3C2(C)C)/CCC1)C(C)(C)c1ccccc1C. The van der Waals surface area contributed by atoms with E-state index in [1.165, 1.54) is 11.1 Å². The van der Waals surface area contributed by atoms with Gasteiger partial charge in [0.15, 0.2) is 0 Å². The Hall–Kier alpha value is -7.50. The Labute approximate surface area is 452 Å². The van der Waals surface area contributed by atoms with Gasteiger partial charge in [-0.25, -0.2) is 14.4 Å². The quantitative estimate of drug-likeness (QED) is 0.0244. The van der Waals surface area contributed by atoms with E-state index in [4.69, 9.17) is 19.3 Å². The molecule has 1 aliphatic heterocycles. The third kappa shape index (κ3) is 17.5. The van der Waals surface area contributed by atoms with Crippen LogP contribution in [-0.4, -0.2) is 109 Å². The monoisotopic (exact) mass is 1060 g/mol. The summed E-state index contributed by atoms with van der Waals surface area (Å²) in [4.78, 5) is 74.1. The summed E-state index contributed by atoms with van der Waals surface area (Å²) in [5.41, 5.74) is 8.87.